The zero-order chi connectivity index (χ0) is 15.0. The smallest absolute Gasteiger partial charge is 0.396 e. The predicted molar refractivity (Wildman–Crippen MR) is 76.1 cm³/mol. The Balaban J connectivity index is 2.22. The Kier molecular flexibility index (Phi) is 3.24. The second kappa shape index (κ2) is 4.95. The lowest BCUT2D eigenvalue weighted by Crippen LogP contribution is -2.11. The van der Waals surface area contributed by atoms with E-state index in [1.807, 2.05) is 31.2 Å². The summed E-state index contributed by atoms with van der Waals surface area (Å²) in [4.78, 5) is 0. The van der Waals surface area contributed by atoms with Crippen molar-refractivity contribution in [2.24, 2.45) is 0 Å². The highest BCUT2D eigenvalue weighted by molar-refractivity contribution is 5.95. The third kappa shape index (κ3) is 2.79. The SMILES string of the molecule is Cc1ccc(-c2c(CC(F)(F)F)oc3ccccc23)cc1. The number of furan rings is 1. The molecule has 1 heterocycles. The molecular formula is C17H13F3O. The van der Waals surface area contributed by atoms with Gasteiger partial charge in [-0.25, -0.2) is 0 Å². The highest BCUT2D eigenvalue weighted by atomic mass is 19.4. The van der Waals surface area contributed by atoms with Crippen molar-refractivity contribution in [1.82, 2.24) is 0 Å². The van der Waals surface area contributed by atoms with E-state index in [-0.39, 0.29) is 5.76 Å². The molecule has 0 bridgehead atoms. The molecule has 0 radical (unpaired) electrons. The van der Waals surface area contributed by atoms with E-state index in [1.54, 1.807) is 24.3 Å². The van der Waals surface area contributed by atoms with Crippen LogP contribution in [0.3, 0.4) is 0 Å². The Labute approximate surface area is 120 Å². The molecule has 0 amide bonds. The van der Waals surface area contributed by atoms with Crippen molar-refractivity contribution in [3.63, 3.8) is 0 Å². The molecule has 0 spiro atoms. The number of alkyl halides is 3. The summed E-state index contributed by atoms with van der Waals surface area (Å²) in [5.41, 5.74) is 2.81. The van der Waals surface area contributed by atoms with Crippen LogP contribution in [-0.2, 0) is 6.42 Å². The molecule has 0 aliphatic carbocycles. The topological polar surface area (TPSA) is 13.1 Å². The average molecular weight is 290 g/mol. The fourth-order valence-corrected chi connectivity index (χ4v) is 2.44. The number of hydrogen-bond acceptors (Lipinski definition) is 1. The van der Waals surface area contributed by atoms with Crippen molar-refractivity contribution < 1.29 is 17.6 Å². The van der Waals surface area contributed by atoms with E-state index in [1.165, 1.54) is 0 Å². The van der Waals surface area contributed by atoms with Crippen LogP contribution in [0.5, 0.6) is 0 Å². The highest BCUT2D eigenvalue weighted by Gasteiger charge is 2.32. The molecule has 4 heteroatoms. The van der Waals surface area contributed by atoms with Crippen molar-refractivity contribution in [2.75, 3.05) is 0 Å². The van der Waals surface area contributed by atoms with Crippen LogP contribution >= 0.6 is 0 Å². The Morgan fingerprint density at radius 2 is 1.62 bits per heavy atom. The van der Waals surface area contributed by atoms with Gasteiger partial charge in [-0.2, -0.15) is 13.2 Å². The Hall–Kier alpha value is -2.23. The maximum Gasteiger partial charge on any atom is 0.396 e. The molecule has 21 heavy (non-hydrogen) atoms. The molecule has 0 saturated carbocycles. The second-order valence-electron chi connectivity index (χ2n) is 5.05. The molecule has 0 fully saturated rings. The lowest BCUT2D eigenvalue weighted by atomic mass is 9.99. The van der Waals surface area contributed by atoms with Gasteiger partial charge in [-0.1, -0.05) is 48.0 Å². The van der Waals surface area contributed by atoms with Gasteiger partial charge < -0.3 is 4.42 Å². The molecule has 108 valence electrons. The summed E-state index contributed by atoms with van der Waals surface area (Å²) in [5, 5.41) is 0.709. The van der Waals surface area contributed by atoms with Gasteiger partial charge in [0.25, 0.3) is 0 Å². The molecule has 0 N–H and O–H groups in total. The fraction of sp³-hybridized carbons (Fsp3) is 0.176. The van der Waals surface area contributed by atoms with Crippen molar-refractivity contribution in [3.8, 4) is 11.1 Å². The van der Waals surface area contributed by atoms with Crippen molar-refractivity contribution in [3.05, 3.63) is 59.9 Å². The molecule has 1 aromatic heterocycles. The number of fused-ring (bicyclic) bond motifs is 1. The standard InChI is InChI=1S/C17H13F3O/c1-11-6-8-12(9-7-11)16-13-4-2-3-5-14(13)21-15(16)10-17(18,19)20/h2-9H,10H2,1H3. The molecule has 3 aromatic rings. The molecular weight excluding hydrogens is 277 g/mol. The van der Waals surface area contributed by atoms with E-state index >= 15 is 0 Å². The van der Waals surface area contributed by atoms with E-state index in [9.17, 15) is 13.2 Å². The quantitative estimate of drug-likeness (QED) is 0.606. The first-order chi connectivity index (χ1) is 9.94. The third-order valence-electron chi connectivity index (χ3n) is 3.37. The summed E-state index contributed by atoms with van der Waals surface area (Å²) in [5.74, 6) is -0.0347. The van der Waals surface area contributed by atoms with Crippen LogP contribution in [0, 0.1) is 6.92 Å². The summed E-state index contributed by atoms with van der Waals surface area (Å²) in [6, 6.07) is 14.4. The van der Waals surface area contributed by atoms with Gasteiger partial charge >= 0.3 is 6.18 Å². The first-order valence-electron chi connectivity index (χ1n) is 6.58. The Morgan fingerprint density at radius 3 is 2.29 bits per heavy atom. The fourth-order valence-electron chi connectivity index (χ4n) is 2.44. The van der Waals surface area contributed by atoms with E-state index in [2.05, 4.69) is 0 Å². The summed E-state index contributed by atoms with van der Waals surface area (Å²) in [6.07, 6.45) is -5.36. The van der Waals surface area contributed by atoms with E-state index in [0.29, 0.717) is 16.5 Å². The number of halogens is 3. The minimum absolute atomic E-state index is 0.0347. The van der Waals surface area contributed by atoms with Gasteiger partial charge in [-0.05, 0) is 18.6 Å². The number of aryl methyl sites for hydroxylation is 1. The van der Waals surface area contributed by atoms with Gasteiger partial charge in [-0.15, -0.1) is 0 Å². The predicted octanol–water partition coefficient (Wildman–Crippen LogP) is 5.51. The lowest BCUT2D eigenvalue weighted by molar-refractivity contribution is -0.129. The van der Waals surface area contributed by atoms with Crippen LogP contribution in [0.2, 0.25) is 0 Å². The maximum absolute atomic E-state index is 12.8. The molecule has 1 nitrogen and oxygen atoms in total. The molecule has 0 aliphatic heterocycles. The maximum atomic E-state index is 12.8. The number of para-hydroxylation sites is 1. The monoisotopic (exact) mass is 290 g/mol. The van der Waals surface area contributed by atoms with E-state index in [0.717, 1.165) is 11.1 Å². The first kappa shape index (κ1) is 13.7. The number of hydrogen-bond donors (Lipinski definition) is 0. The Morgan fingerprint density at radius 1 is 0.952 bits per heavy atom. The van der Waals surface area contributed by atoms with Gasteiger partial charge in [0, 0.05) is 10.9 Å². The van der Waals surface area contributed by atoms with Crippen LogP contribution in [0.4, 0.5) is 13.2 Å². The van der Waals surface area contributed by atoms with Crippen LogP contribution in [0.15, 0.2) is 52.9 Å². The normalized spacial score (nSPS) is 12.0. The summed E-state index contributed by atoms with van der Waals surface area (Å²) in [7, 11) is 0. The van der Waals surface area contributed by atoms with Gasteiger partial charge in [0.15, 0.2) is 0 Å². The largest absolute Gasteiger partial charge is 0.460 e. The molecule has 0 unspecified atom stereocenters. The molecule has 0 saturated heterocycles. The summed E-state index contributed by atoms with van der Waals surface area (Å²) >= 11 is 0. The molecule has 3 rings (SSSR count). The highest BCUT2D eigenvalue weighted by Crippen LogP contribution is 2.37. The van der Waals surface area contributed by atoms with E-state index < -0.39 is 12.6 Å². The van der Waals surface area contributed by atoms with Crippen molar-refractivity contribution in [2.45, 2.75) is 19.5 Å². The van der Waals surface area contributed by atoms with Crippen LogP contribution < -0.4 is 0 Å². The van der Waals surface area contributed by atoms with Gasteiger partial charge in [0.05, 0.1) is 0 Å². The second-order valence-corrected chi connectivity index (χ2v) is 5.05. The first-order valence-corrected chi connectivity index (χ1v) is 6.58. The average Bonchev–Trinajstić information content (AvgIpc) is 2.75. The number of benzene rings is 2. The summed E-state index contributed by atoms with van der Waals surface area (Å²) < 4.78 is 43.7. The zero-order valence-corrected chi connectivity index (χ0v) is 11.4. The van der Waals surface area contributed by atoms with E-state index in [4.69, 9.17) is 4.42 Å². The summed E-state index contributed by atoms with van der Waals surface area (Å²) in [6.45, 7) is 1.94. The van der Waals surface area contributed by atoms with Gasteiger partial charge in [-0.3, -0.25) is 0 Å². The molecule has 0 aliphatic rings. The third-order valence-corrected chi connectivity index (χ3v) is 3.37. The molecule has 0 atom stereocenters. The van der Waals surface area contributed by atoms with Crippen molar-refractivity contribution in [1.29, 1.82) is 0 Å². The molecule has 2 aromatic carbocycles. The lowest BCUT2D eigenvalue weighted by Gasteiger charge is -2.07. The van der Waals surface area contributed by atoms with Gasteiger partial charge in [0.2, 0.25) is 0 Å². The van der Waals surface area contributed by atoms with Crippen LogP contribution in [-0.4, -0.2) is 6.18 Å². The number of rotatable bonds is 2. The van der Waals surface area contributed by atoms with Crippen LogP contribution in [0.1, 0.15) is 11.3 Å². The Bertz CT molecular complexity index is 767. The van der Waals surface area contributed by atoms with Crippen molar-refractivity contribution >= 4 is 11.0 Å². The minimum atomic E-state index is -4.30. The van der Waals surface area contributed by atoms with Gasteiger partial charge in [0.1, 0.15) is 17.8 Å². The zero-order valence-electron chi connectivity index (χ0n) is 11.4. The van der Waals surface area contributed by atoms with Crippen LogP contribution in [0.25, 0.3) is 22.1 Å². The minimum Gasteiger partial charge on any atom is -0.460 e.